The fourth-order valence-corrected chi connectivity index (χ4v) is 7.60. The Hall–Kier alpha value is -1.80. The molecule has 1 N–H and O–H groups in total. The Balaban J connectivity index is 1.25. The first-order valence-electron chi connectivity index (χ1n) is 13.6. The van der Waals surface area contributed by atoms with Gasteiger partial charge < -0.3 is 9.88 Å². The van der Waals surface area contributed by atoms with Crippen molar-refractivity contribution >= 4 is 17.2 Å². The predicted molar refractivity (Wildman–Crippen MR) is 137 cm³/mol. The van der Waals surface area contributed by atoms with Crippen molar-refractivity contribution in [3.05, 3.63) is 33.8 Å². The van der Waals surface area contributed by atoms with E-state index in [-0.39, 0.29) is 23.0 Å². The minimum atomic E-state index is -0.178. The van der Waals surface area contributed by atoms with Gasteiger partial charge in [-0.05, 0) is 64.0 Å². The van der Waals surface area contributed by atoms with E-state index in [0.29, 0.717) is 24.0 Å². The average molecular weight is 502 g/mol. The van der Waals surface area contributed by atoms with E-state index in [0.717, 1.165) is 68.0 Å². The van der Waals surface area contributed by atoms with Gasteiger partial charge in [0.05, 0.1) is 6.04 Å². The van der Waals surface area contributed by atoms with E-state index in [2.05, 4.69) is 45.8 Å². The van der Waals surface area contributed by atoms with Gasteiger partial charge in [-0.2, -0.15) is 4.39 Å². The molecule has 3 atom stereocenters. The van der Waals surface area contributed by atoms with Crippen LogP contribution in [0.5, 0.6) is 0 Å². The second-order valence-electron chi connectivity index (χ2n) is 11.2. The lowest BCUT2D eigenvalue weighted by Gasteiger charge is -2.40. The van der Waals surface area contributed by atoms with Crippen molar-refractivity contribution in [2.24, 2.45) is 5.92 Å². The van der Waals surface area contributed by atoms with E-state index in [1.54, 1.807) is 0 Å². The molecular formula is C27H40FN5OS. The van der Waals surface area contributed by atoms with E-state index >= 15 is 0 Å². The molecule has 2 aromatic rings. The van der Waals surface area contributed by atoms with Crippen LogP contribution in [0.4, 0.5) is 4.39 Å². The molecule has 2 unspecified atom stereocenters. The van der Waals surface area contributed by atoms with Gasteiger partial charge in [-0.25, -0.2) is 0 Å². The number of nitrogens with one attached hydrogen (secondary N) is 1. The summed E-state index contributed by atoms with van der Waals surface area (Å²) in [5.74, 6) is 2.77. The lowest BCUT2D eigenvalue weighted by atomic mass is 9.88. The number of thiophene rings is 1. The van der Waals surface area contributed by atoms with Crippen LogP contribution in [-0.2, 0) is 4.79 Å². The van der Waals surface area contributed by atoms with Crippen molar-refractivity contribution in [3.63, 3.8) is 0 Å². The second kappa shape index (κ2) is 10.7. The Morgan fingerprint density at radius 2 is 1.80 bits per heavy atom. The third-order valence-corrected chi connectivity index (χ3v) is 9.53. The molecule has 1 aliphatic carbocycles. The van der Waals surface area contributed by atoms with Crippen LogP contribution in [0.3, 0.4) is 0 Å². The molecule has 2 bridgehead atoms. The van der Waals surface area contributed by atoms with E-state index in [1.165, 1.54) is 36.7 Å². The SMILES string of the molecule is Cc1nnc(C(C)C)n1C1CC2CCC(C1)N2CC[C@H](NC(=O)C1CCCCC1)c1ccc(F)s1. The highest BCUT2D eigenvalue weighted by molar-refractivity contribution is 7.10. The van der Waals surface area contributed by atoms with Crippen molar-refractivity contribution in [2.75, 3.05) is 6.54 Å². The monoisotopic (exact) mass is 501 g/mol. The zero-order chi connectivity index (χ0) is 24.5. The molecular weight excluding hydrogens is 461 g/mol. The molecule has 2 saturated heterocycles. The Kier molecular flexibility index (Phi) is 7.58. The Bertz CT molecular complexity index is 999. The van der Waals surface area contributed by atoms with Gasteiger partial charge in [0.2, 0.25) is 5.91 Å². The van der Waals surface area contributed by atoms with E-state index in [1.807, 2.05) is 6.07 Å². The number of aryl methyl sites for hydroxylation is 1. The summed E-state index contributed by atoms with van der Waals surface area (Å²) in [5, 5.41) is 12.0. The van der Waals surface area contributed by atoms with Crippen LogP contribution in [0, 0.1) is 18.0 Å². The number of carbonyl (C=O) groups excluding carboxylic acids is 1. The molecule has 0 spiro atoms. The molecule has 35 heavy (non-hydrogen) atoms. The first-order chi connectivity index (χ1) is 16.9. The molecule has 2 aliphatic heterocycles. The Labute approximate surface area is 212 Å². The Morgan fingerprint density at radius 3 is 2.43 bits per heavy atom. The molecule has 3 fully saturated rings. The maximum Gasteiger partial charge on any atom is 0.223 e. The minimum absolute atomic E-state index is 0.108. The van der Waals surface area contributed by atoms with Gasteiger partial charge >= 0.3 is 0 Å². The molecule has 3 aliphatic rings. The quantitative estimate of drug-likeness (QED) is 0.489. The number of hydrogen-bond donors (Lipinski definition) is 1. The van der Waals surface area contributed by atoms with Gasteiger partial charge in [-0.3, -0.25) is 9.69 Å². The van der Waals surface area contributed by atoms with Crippen LogP contribution < -0.4 is 5.32 Å². The summed E-state index contributed by atoms with van der Waals surface area (Å²) in [7, 11) is 0. The molecule has 6 nitrogen and oxygen atoms in total. The van der Waals surface area contributed by atoms with Crippen LogP contribution in [0.2, 0.25) is 0 Å². The zero-order valence-corrected chi connectivity index (χ0v) is 22.2. The van der Waals surface area contributed by atoms with Gasteiger partial charge in [0, 0.05) is 41.4 Å². The number of nitrogens with zero attached hydrogens (tertiary/aromatic N) is 4. The molecule has 192 valence electrons. The molecule has 0 radical (unpaired) electrons. The van der Waals surface area contributed by atoms with E-state index in [9.17, 15) is 9.18 Å². The summed E-state index contributed by atoms with van der Waals surface area (Å²) in [6.07, 6.45) is 11.0. The van der Waals surface area contributed by atoms with Crippen molar-refractivity contribution in [1.82, 2.24) is 25.0 Å². The summed E-state index contributed by atoms with van der Waals surface area (Å²) in [5.41, 5.74) is 0. The van der Waals surface area contributed by atoms with Crippen LogP contribution in [0.1, 0.15) is 113 Å². The third-order valence-electron chi connectivity index (χ3n) is 8.54. The molecule has 8 heteroatoms. The highest BCUT2D eigenvalue weighted by Crippen LogP contribution is 2.42. The van der Waals surface area contributed by atoms with Gasteiger partial charge in [-0.1, -0.05) is 33.1 Å². The van der Waals surface area contributed by atoms with E-state index < -0.39 is 0 Å². The first-order valence-corrected chi connectivity index (χ1v) is 14.4. The largest absolute Gasteiger partial charge is 0.348 e. The third kappa shape index (κ3) is 5.33. The van der Waals surface area contributed by atoms with E-state index in [4.69, 9.17) is 0 Å². The number of halogens is 1. The number of amides is 1. The second-order valence-corrected chi connectivity index (χ2v) is 12.3. The van der Waals surface area contributed by atoms with Gasteiger partial charge in [0.1, 0.15) is 11.6 Å². The highest BCUT2D eigenvalue weighted by atomic mass is 32.1. The first kappa shape index (κ1) is 24.9. The van der Waals surface area contributed by atoms with Crippen molar-refractivity contribution in [3.8, 4) is 0 Å². The van der Waals surface area contributed by atoms with Crippen LogP contribution in [0.15, 0.2) is 12.1 Å². The smallest absolute Gasteiger partial charge is 0.223 e. The minimum Gasteiger partial charge on any atom is -0.348 e. The van der Waals surface area contributed by atoms with Crippen LogP contribution in [0.25, 0.3) is 0 Å². The summed E-state index contributed by atoms with van der Waals surface area (Å²) in [6, 6.07) is 4.84. The molecule has 1 amide bonds. The molecule has 1 saturated carbocycles. The zero-order valence-electron chi connectivity index (χ0n) is 21.4. The van der Waals surface area contributed by atoms with Crippen LogP contribution in [-0.4, -0.2) is 44.2 Å². The maximum absolute atomic E-state index is 13.9. The summed E-state index contributed by atoms with van der Waals surface area (Å²) < 4.78 is 16.3. The standard InChI is InChI=1S/C27H40FN5OS/c1-17(2)26-31-30-18(3)33(26)22-15-20-9-10-21(16-22)32(20)14-13-23(24-11-12-25(28)35-24)29-27(34)19-7-5-4-6-8-19/h11-12,17,19-23H,4-10,13-16H2,1-3H3,(H,29,34)/t20?,21?,22?,23-/m0/s1. The number of hydrogen-bond acceptors (Lipinski definition) is 5. The average Bonchev–Trinajstić information content (AvgIpc) is 3.52. The predicted octanol–water partition coefficient (Wildman–Crippen LogP) is 5.91. The normalized spacial score (nSPS) is 26.4. The molecule has 2 aromatic heterocycles. The summed E-state index contributed by atoms with van der Waals surface area (Å²) >= 11 is 1.18. The number of carbonyl (C=O) groups is 1. The van der Waals surface area contributed by atoms with Crippen molar-refractivity contribution in [1.29, 1.82) is 0 Å². The lowest BCUT2D eigenvalue weighted by Crippen LogP contribution is -2.45. The number of rotatable bonds is 8. The molecule has 4 heterocycles. The van der Waals surface area contributed by atoms with Gasteiger partial charge in [0.15, 0.2) is 5.13 Å². The summed E-state index contributed by atoms with van der Waals surface area (Å²) in [4.78, 5) is 16.7. The van der Waals surface area contributed by atoms with Crippen LogP contribution >= 0.6 is 11.3 Å². The molecule has 5 rings (SSSR count). The highest BCUT2D eigenvalue weighted by Gasteiger charge is 2.42. The van der Waals surface area contributed by atoms with Crippen molar-refractivity contribution < 1.29 is 9.18 Å². The van der Waals surface area contributed by atoms with Gasteiger partial charge in [0.25, 0.3) is 0 Å². The fraction of sp³-hybridized carbons (Fsp3) is 0.741. The summed E-state index contributed by atoms with van der Waals surface area (Å²) in [6.45, 7) is 7.40. The number of aromatic nitrogens is 3. The van der Waals surface area contributed by atoms with Gasteiger partial charge in [-0.15, -0.1) is 21.5 Å². The Morgan fingerprint density at radius 1 is 1.09 bits per heavy atom. The molecule has 0 aromatic carbocycles. The maximum atomic E-state index is 13.9. The topological polar surface area (TPSA) is 63.1 Å². The number of piperidine rings is 1. The fourth-order valence-electron chi connectivity index (χ4n) is 6.79. The lowest BCUT2D eigenvalue weighted by molar-refractivity contribution is -0.126. The number of fused-ring (bicyclic) bond motifs is 2. The van der Waals surface area contributed by atoms with Crippen molar-refractivity contribution in [2.45, 2.75) is 115 Å².